The Morgan fingerprint density at radius 2 is 2.14 bits per heavy atom. The Hall–Kier alpha value is -1.91. The van der Waals surface area contributed by atoms with E-state index < -0.39 is 0 Å². The first-order chi connectivity index (χ1) is 10.2. The number of nitrogens with one attached hydrogen (secondary N) is 1. The monoisotopic (exact) mass is 302 g/mol. The average molecular weight is 302 g/mol. The minimum absolute atomic E-state index is 0.365. The fraction of sp³-hybridized carbons (Fsp3) is 0.500. The number of anilines is 1. The molecule has 2 saturated heterocycles. The van der Waals surface area contributed by atoms with Crippen LogP contribution in [-0.2, 0) is 0 Å². The Bertz CT molecular complexity index is 579. The standard InChI is InChI=1S/C14H18N6S/c15-8-11-1-4-17-12(7-11)19-5-2-14(3-6-19)9-20(10-14)13(21)18-16/h1,4,7H,2-3,5-6,9-10,16H2,(H,18,21). The van der Waals surface area contributed by atoms with Crippen LogP contribution < -0.4 is 16.2 Å². The Balaban J connectivity index is 1.59. The molecule has 0 aliphatic carbocycles. The quantitative estimate of drug-likeness (QED) is 0.447. The van der Waals surface area contributed by atoms with E-state index in [1.54, 1.807) is 12.3 Å². The summed E-state index contributed by atoms with van der Waals surface area (Å²) in [7, 11) is 0. The zero-order chi connectivity index (χ0) is 14.9. The lowest BCUT2D eigenvalue weighted by molar-refractivity contribution is 0.0328. The average Bonchev–Trinajstić information content (AvgIpc) is 2.52. The number of hydrogen-bond donors (Lipinski definition) is 2. The fourth-order valence-electron chi connectivity index (χ4n) is 3.19. The first kappa shape index (κ1) is 14.0. The molecule has 0 amide bonds. The zero-order valence-corrected chi connectivity index (χ0v) is 12.6. The van der Waals surface area contributed by atoms with Gasteiger partial charge in [0.25, 0.3) is 0 Å². The van der Waals surface area contributed by atoms with Crippen molar-refractivity contribution in [1.29, 1.82) is 5.26 Å². The highest BCUT2D eigenvalue weighted by Crippen LogP contribution is 2.41. The number of hydrogen-bond acceptors (Lipinski definition) is 5. The number of rotatable bonds is 1. The molecule has 1 spiro atoms. The number of nitrogens with two attached hydrogens (primary N) is 1. The van der Waals surface area contributed by atoms with E-state index in [2.05, 4.69) is 26.3 Å². The molecule has 0 bridgehead atoms. The van der Waals surface area contributed by atoms with Gasteiger partial charge < -0.3 is 15.2 Å². The molecule has 3 N–H and O–H groups in total. The third kappa shape index (κ3) is 2.64. The van der Waals surface area contributed by atoms with Crippen LogP contribution in [0.25, 0.3) is 0 Å². The molecule has 2 aliphatic rings. The minimum atomic E-state index is 0.365. The third-order valence-corrected chi connectivity index (χ3v) is 4.86. The van der Waals surface area contributed by atoms with Crippen molar-refractivity contribution < 1.29 is 0 Å². The maximum Gasteiger partial charge on any atom is 0.183 e. The molecule has 0 radical (unpaired) electrons. The van der Waals surface area contributed by atoms with Crippen LogP contribution >= 0.6 is 12.2 Å². The van der Waals surface area contributed by atoms with Crippen molar-refractivity contribution in [2.24, 2.45) is 11.3 Å². The molecule has 0 saturated carbocycles. The SMILES string of the molecule is N#Cc1ccnc(N2CCC3(CC2)CN(C(=S)NN)C3)c1. The number of nitriles is 1. The summed E-state index contributed by atoms with van der Waals surface area (Å²) in [5, 5.41) is 9.60. The third-order valence-electron chi connectivity index (χ3n) is 4.49. The van der Waals surface area contributed by atoms with Crippen molar-refractivity contribution in [2.45, 2.75) is 12.8 Å². The molecule has 1 aromatic rings. The number of aromatic nitrogens is 1. The molecular formula is C14H18N6S. The summed E-state index contributed by atoms with van der Waals surface area (Å²) >= 11 is 5.15. The zero-order valence-electron chi connectivity index (χ0n) is 11.7. The van der Waals surface area contributed by atoms with E-state index in [-0.39, 0.29) is 0 Å². The van der Waals surface area contributed by atoms with Crippen LogP contribution in [0.15, 0.2) is 18.3 Å². The van der Waals surface area contributed by atoms with Crippen LogP contribution in [0.2, 0.25) is 0 Å². The molecule has 6 nitrogen and oxygen atoms in total. The van der Waals surface area contributed by atoms with Crippen molar-refractivity contribution in [2.75, 3.05) is 31.1 Å². The van der Waals surface area contributed by atoms with Crippen LogP contribution in [0, 0.1) is 16.7 Å². The second-order valence-corrected chi connectivity index (χ2v) is 6.19. The first-order valence-electron chi connectivity index (χ1n) is 7.02. The molecule has 2 aliphatic heterocycles. The van der Waals surface area contributed by atoms with E-state index in [0.717, 1.165) is 44.8 Å². The highest BCUT2D eigenvalue weighted by molar-refractivity contribution is 7.80. The number of nitrogens with zero attached hydrogens (tertiary/aromatic N) is 4. The molecule has 21 heavy (non-hydrogen) atoms. The van der Waals surface area contributed by atoms with Crippen LogP contribution in [0.5, 0.6) is 0 Å². The van der Waals surface area contributed by atoms with E-state index in [0.29, 0.717) is 16.1 Å². The lowest BCUT2D eigenvalue weighted by atomic mass is 9.72. The summed E-state index contributed by atoms with van der Waals surface area (Å²) in [5.74, 6) is 6.25. The van der Waals surface area contributed by atoms with Crippen molar-refractivity contribution in [3.63, 3.8) is 0 Å². The molecule has 0 aromatic carbocycles. The van der Waals surface area contributed by atoms with Gasteiger partial charge in [-0.2, -0.15) is 5.26 Å². The molecule has 0 atom stereocenters. The molecule has 110 valence electrons. The topological polar surface area (TPSA) is 81.2 Å². The maximum absolute atomic E-state index is 8.97. The summed E-state index contributed by atoms with van der Waals surface area (Å²) in [5.41, 5.74) is 3.57. The van der Waals surface area contributed by atoms with Crippen LogP contribution in [0.4, 0.5) is 5.82 Å². The second kappa shape index (κ2) is 5.47. The highest BCUT2D eigenvalue weighted by Gasteiger charge is 2.45. The maximum atomic E-state index is 8.97. The Morgan fingerprint density at radius 1 is 1.43 bits per heavy atom. The van der Waals surface area contributed by atoms with Crippen LogP contribution in [0.3, 0.4) is 0 Å². The fourth-order valence-corrected chi connectivity index (χ4v) is 3.31. The smallest absolute Gasteiger partial charge is 0.183 e. The van der Waals surface area contributed by atoms with E-state index in [4.69, 9.17) is 23.3 Å². The molecule has 1 aromatic heterocycles. The Kier molecular flexibility index (Phi) is 3.66. The van der Waals surface area contributed by atoms with E-state index >= 15 is 0 Å². The van der Waals surface area contributed by atoms with Gasteiger partial charge in [0.1, 0.15) is 5.82 Å². The molecule has 3 rings (SSSR count). The number of pyridine rings is 1. The number of hydrazine groups is 1. The van der Waals surface area contributed by atoms with Gasteiger partial charge in [-0.3, -0.25) is 0 Å². The Morgan fingerprint density at radius 3 is 2.76 bits per heavy atom. The van der Waals surface area contributed by atoms with E-state index in [1.807, 2.05) is 6.07 Å². The lowest BCUT2D eigenvalue weighted by Gasteiger charge is -2.54. The van der Waals surface area contributed by atoms with Gasteiger partial charge in [0.05, 0.1) is 11.6 Å². The molecule has 0 unspecified atom stereocenters. The number of piperidine rings is 1. The summed E-state index contributed by atoms with van der Waals surface area (Å²) < 4.78 is 0. The van der Waals surface area contributed by atoms with Crippen molar-refractivity contribution in [3.8, 4) is 6.07 Å². The van der Waals surface area contributed by atoms with Gasteiger partial charge >= 0.3 is 0 Å². The van der Waals surface area contributed by atoms with Gasteiger partial charge in [-0.1, -0.05) is 0 Å². The summed E-state index contributed by atoms with van der Waals surface area (Å²) in [4.78, 5) is 8.75. The summed E-state index contributed by atoms with van der Waals surface area (Å²) in [6.45, 7) is 3.90. The van der Waals surface area contributed by atoms with Gasteiger partial charge in [-0.05, 0) is 37.2 Å². The van der Waals surface area contributed by atoms with Crippen molar-refractivity contribution in [3.05, 3.63) is 23.9 Å². The molecular weight excluding hydrogens is 284 g/mol. The largest absolute Gasteiger partial charge is 0.357 e. The van der Waals surface area contributed by atoms with Crippen LogP contribution in [-0.4, -0.2) is 41.2 Å². The van der Waals surface area contributed by atoms with Gasteiger partial charge in [0, 0.05) is 37.8 Å². The number of likely N-dealkylation sites (tertiary alicyclic amines) is 1. The second-order valence-electron chi connectivity index (χ2n) is 5.81. The number of thiocarbonyl (C=S) groups is 1. The lowest BCUT2D eigenvalue weighted by Crippen LogP contribution is -2.64. The van der Waals surface area contributed by atoms with Crippen LogP contribution in [0.1, 0.15) is 18.4 Å². The predicted octanol–water partition coefficient (Wildman–Crippen LogP) is 0.604. The summed E-state index contributed by atoms with van der Waals surface area (Å²) in [6, 6.07) is 5.76. The molecule has 3 heterocycles. The van der Waals surface area contributed by atoms with Gasteiger partial charge in [0.15, 0.2) is 5.11 Å². The summed E-state index contributed by atoms with van der Waals surface area (Å²) in [6.07, 6.45) is 3.94. The van der Waals surface area contributed by atoms with E-state index in [1.165, 1.54) is 0 Å². The van der Waals surface area contributed by atoms with Gasteiger partial charge in [0.2, 0.25) is 0 Å². The van der Waals surface area contributed by atoms with Gasteiger partial charge in [-0.15, -0.1) is 0 Å². The molecule has 2 fully saturated rings. The van der Waals surface area contributed by atoms with E-state index in [9.17, 15) is 0 Å². The predicted molar refractivity (Wildman–Crippen MR) is 84.3 cm³/mol. The van der Waals surface area contributed by atoms with Gasteiger partial charge in [-0.25, -0.2) is 10.8 Å². The highest BCUT2D eigenvalue weighted by atomic mass is 32.1. The molecule has 7 heteroatoms. The van der Waals surface area contributed by atoms with Crippen molar-refractivity contribution in [1.82, 2.24) is 15.3 Å². The first-order valence-corrected chi connectivity index (χ1v) is 7.43. The van der Waals surface area contributed by atoms with Crippen molar-refractivity contribution >= 4 is 23.1 Å². The minimum Gasteiger partial charge on any atom is -0.357 e. The normalized spacial score (nSPS) is 19.8. The Labute approximate surface area is 129 Å².